The fraction of sp³-hybridized carbons (Fsp3) is 0.222. The lowest BCUT2D eigenvalue weighted by atomic mass is 10.1. The first-order chi connectivity index (χ1) is 11.1. The molecular formula is C18H19FN2OS. The van der Waals surface area contributed by atoms with Crippen molar-refractivity contribution in [2.24, 2.45) is 5.73 Å². The van der Waals surface area contributed by atoms with Crippen LogP contribution in [0, 0.1) is 12.7 Å². The molecule has 0 aliphatic rings. The first kappa shape index (κ1) is 15.9. The number of aromatic amines is 1. The van der Waals surface area contributed by atoms with E-state index in [0.717, 1.165) is 37.6 Å². The first-order valence-corrected chi connectivity index (χ1v) is 8.26. The van der Waals surface area contributed by atoms with E-state index in [1.54, 1.807) is 24.9 Å². The molecule has 0 saturated carbocycles. The third-order valence-electron chi connectivity index (χ3n) is 3.90. The molecule has 0 radical (unpaired) electrons. The van der Waals surface area contributed by atoms with Crippen molar-refractivity contribution in [2.45, 2.75) is 23.1 Å². The molecule has 0 aliphatic carbocycles. The molecule has 3 N–H and O–H groups in total. The van der Waals surface area contributed by atoms with Crippen molar-refractivity contribution in [1.82, 2.24) is 4.98 Å². The van der Waals surface area contributed by atoms with E-state index in [9.17, 15) is 4.39 Å². The summed E-state index contributed by atoms with van der Waals surface area (Å²) in [5, 5.41) is 1.14. The summed E-state index contributed by atoms with van der Waals surface area (Å²) in [5.74, 6) is 0.634. The Labute approximate surface area is 139 Å². The van der Waals surface area contributed by atoms with E-state index in [0.29, 0.717) is 13.0 Å². The maximum Gasteiger partial charge on any atom is 0.123 e. The van der Waals surface area contributed by atoms with E-state index >= 15 is 0 Å². The van der Waals surface area contributed by atoms with Gasteiger partial charge in [-0.3, -0.25) is 0 Å². The van der Waals surface area contributed by atoms with Gasteiger partial charge in [0.05, 0.1) is 7.11 Å². The molecule has 0 bridgehead atoms. The van der Waals surface area contributed by atoms with Gasteiger partial charge in [0, 0.05) is 32.5 Å². The Kier molecular flexibility index (Phi) is 4.59. The molecule has 120 valence electrons. The maximum absolute atomic E-state index is 13.5. The highest BCUT2D eigenvalue weighted by Gasteiger charge is 2.13. The zero-order valence-corrected chi connectivity index (χ0v) is 14.0. The Morgan fingerprint density at radius 3 is 2.78 bits per heavy atom. The zero-order chi connectivity index (χ0) is 16.4. The van der Waals surface area contributed by atoms with Gasteiger partial charge in [-0.1, -0.05) is 11.8 Å². The molecule has 0 aliphatic heterocycles. The van der Waals surface area contributed by atoms with Crippen LogP contribution in [0.1, 0.15) is 11.1 Å². The molecule has 0 unspecified atom stereocenters. The average Bonchev–Trinajstić information content (AvgIpc) is 2.94. The monoisotopic (exact) mass is 330 g/mol. The molecule has 2 aromatic carbocycles. The largest absolute Gasteiger partial charge is 0.496 e. The van der Waals surface area contributed by atoms with Crippen molar-refractivity contribution < 1.29 is 9.13 Å². The van der Waals surface area contributed by atoms with Crippen LogP contribution in [0.4, 0.5) is 4.39 Å². The molecular weight excluding hydrogens is 311 g/mol. The summed E-state index contributed by atoms with van der Waals surface area (Å²) in [7, 11) is 1.67. The topological polar surface area (TPSA) is 51.0 Å². The smallest absolute Gasteiger partial charge is 0.123 e. The minimum atomic E-state index is -0.227. The van der Waals surface area contributed by atoms with Crippen LogP contribution in [-0.2, 0) is 6.42 Å². The van der Waals surface area contributed by atoms with Gasteiger partial charge in [0.25, 0.3) is 0 Å². The number of fused-ring (bicyclic) bond motifs is 1. The van der Waals surface area contributed by atoms with E-state index in [-0.39, 0.29) is 5.82 Å². The number of hydrogen-bond donors (Lipinski definition) is 2. The fourth-order valence-electron chi connectivity index (χ4n) is 2.76. The van der Waals surface area contributed by atoms with Crippen molar-refractivity contribution in [2.75, 3.05) is 13.7 Å². The number of aryl methyl sites for hydroxylation is 1. The quantitative estimate of drug-likeness (QED) is 0.734. The molecule has 23 heavy (non-hydrogen) atoms. The Bertz CT molecular complexity index is 844. The van der Waals surface area contributed by atoms with Gasteiger partial charge in [-0.25, -0.2) is 4.39 Å². The van der Waals surface area contributed by atoms with Crippen LogP contribution in [0.2, 0.25) is 0 Å². The molecule has 0 saturated heterocycles. The highest BCUT2D eigenvalue weighted by molar-refractivity contribution is 7.99. The van der Waals surface area contributed by atoms with Crippen LogP contribution in [0.15, 0.2) is 46.3 Å². The minimum Gasteiger partial charge on any atom is -0.496 e. The van der Waals surface area contributed by atoms with Crippen LogP contribution in [-0.4, -0.2) is 18.6 Å². The van der Waals surface area contributed by atoms with E-state index in [4.69, 9.17) is 10.5 Å². The van der Waals surface area contributed by atoms with Gasteiger partial charge in [0.2, 0.25) is 0 Å². The highest BCUT2D eigenvalue weighted by atomic mass is 32.2. The number of nitrogens with one attached hydrogen (secondary N) is 1. The molecule has 5 heteroatoms. The molecule has 1 aromatic heterocycles. The number of halogens is 1. The van der Waals surface area contributed by atoms with Crippen LogP contribution in [0.5, 0.6) is 5.75 Å². The normalized spacial score (nSPS) is 11.1. The molecule has 1 heterocycles. The third kappa shape index (κ3) is 3.07. The number of benzene rings is 2. The molecule has 3 aromatic rings. The molecule has 0 fully saturated rings. The summed E-state index contributed by atoms with van der Waals surface area (Å²) in [4.78, 5) is 5.41. The second-order valence-electron chi connectivity index (χ2n) is 5.36. The number of nitrogens with two attached hydrogens (primary N) is 1. The van der Waals surface area contributed by atoms with E-state index < -0.39 is 0 Å². The SMILES string of the molecule is COc1ccc2[nH]cc(Sc3ccc(F)cc3CCN)c2c1C. The predicted octanol–water partition coefficient (Wildman–Crippen LogP) is 4.28. The summed E-state index contributed by atoms with van der Waals surface area (Å²) in [5.41, 5.74) is 8.75. The Morgan fingerprint density at radius 1 is 1.22 bits per heavy atom. The van der Waals surface area contributed by atoms with Crippen molar-refractivity contribution in [1.29, 1.82) is 0 Å². The van der Waals surface area contributed by atoms with E-state index in [1.165, 1.54) is 6.07 Å². The van der Waals surface area contributed by atoms with Gasteiger partial charge in [-0.15, -0.1) is 0 Å². The van der Waals surface area contributed by atoms with E-state index in [2.05, 4.69) is 4.98 Å². The van der Waals surface area contributed by atoms with Gasteiger partial charge in [-0.2, -0.15) is 0 Å². The molecule has 0 atom stereocenters. The van der Waals surface area contributed by atoms with E-state index in [1.807, 2.05) is 31.3 Å². The first-order valence-electron chi connectivity index (χ1n) is 7.45. The van der Waals surface area contributed by atoms with Crippen LogP contribution in [0.25, 0.3) is 10.9 Å². The van der Waals surface area contributed by atoms with Crippen molar-refractivity contribution in [3.8, 4) is 5.75 Å². The number of ether oxygens (including phenoxy) is 1. The Balaban J connectivity index is 2.05. The van der Waals surface area contributed by atoms with Crippen molar-refractivity contribution in [3.05, 3.63) is 53.5 Å². The summed E-state index contributed by atoms with van der Waals surface area (Å²) >= 11 is 1.62. The lowest BCUT2D eigenvalue weighted by Gasteiger charge is -2.10. The molecule has 3 rings (SSSR count). The lowest BCUT2D eigenvalue weighted by Crippen LogP contribution is -2.04. The Morgan fingerprint density at radius 2 is 2.04 bits per heavy atom. The molecule has 0 spiro atoms. The summed E-state index contributed by atoms with van der Waals surface area (Å²) in [6.07, 6.45) is 2.64. The van der Waals surface area contributed by atoms with Gasteiger partial charge in [0.15, 0.2) is 0 Å². The van der Waals surface area contributed by atoms with Gasteiger partial charge in [-0.05, 0) is 55.8 Å². The standard InChI is InChI=1S/C18H19FN2OS/c1-11-15(22-2)5-4-14-18(11)17(10-21-14)23-16-6-3-13(19)9-12(16)7-8-20/h3-6,9-10,21H,7-8,20H2,1-2H3. The highest BCUT2D eigenvalue weighted by Crippen LogP contribution is 2.39. The van der Waals surface area contributed by atoms with Gasteiger partial charge in [0.1, 0.15) is 11.6 Å². The number of hydrogen-bond acceptors (Lipinski definition) is 3. The maximum atomic E-state index is 13.5. The lowest BCUT2D eigenvalue weighted by molar-refractivity contribution is 0.412. The van der Waals surface area contributed by atoms with Crippen LogP contribution < -0.4 is 10.5 Å². The second kappa shape index (κ2) is 6.64. The Hall–Kier alpha value is -1.98. The summed E-state index contributed by atoms with van der Waals surface area (Å²) in [6.45, 7) is 2.54. The van der Waals surface area contributed by atoms with Gasteiger partial charge < -0.3 is 15.5 Å². The average molecular weight is 330 g/mol. The minimum absolute atomic E-state index is 0.227. The van der Waals surface area contributed by atoms with Crippen molar-refractivity contribution in [3.63, 3.8) is 0 Å². The fourth-order valence-corrected chi connectivity index (χ4v) is 3.91. The zero-order valence-electron chi connectivity index (χ0n) is 13.2. The predicted molar refractivity (Wildman–Crippen MR) is 92.9 cm³/mol. The van der Waals surface area contributed by atoms with Crippen LogP contribution in [0.3, 0.4) is 0 Å². The van der Waals surface area contributed by atoms with Crippen LogP contribution >= 0.6 is 11.8 Å². The number of aromatic nitrogens is 1. The number of H-pyrrole nitrogens is 1. The van der Waals surface area contributed by atoms with Crippen molar-refractivity contribution >= 4 is 22.7 Å². The number of methoxy groups -OCH3 is 1. The molecule has 0 amide bonds. The van der Waals surface area contributed by atoms with Gasteiger partial charge >= 0.3 is 0 Å². The third-order valence-corrected chi connectivity index (χ3v) is 5.06. The summed E-state index contributed by atoms with van der Waals surface area (Å²) < 4.78 is 18.9. The second-order valence-corrected chi connectivity index (χ2v) is 6.44. The molecule has 3 nitrogen and oxygen atoms in total. The number of rotatable bonds is 5. The summed E-state index contributed by atoms with van der Waals surface area (Å²) in [6, 6.07) is 8.85.